The molecule has 2 unspecified atom stereocenters. The average Bonchev–Trinajstić information content (AvgIpc) is 2.38. The van der Waals surface area contributed by atoms with Gasteiger partial charge in [0.05, 0.1) is 4.92 Å². The molecule has 2 atom stereocenters. The Kier molecular flexibility index (Phi) is 5.47. The average molecular weight is 267 g/mol. The molecule has 0 amide bonds. The van der Waals surface area contributed by atoms with Crippen LogP contribution >= 0.6 is 0 Å². The third-order valence-corrected chi connectivity index (χ3v) is 3.16. The SMILES string of the molecule is CCNc1ncc([N+](=O)[O-])c(NC(C)C(C)CC)n1. The molecule has 1 heterocycles. The van der Waals surface area contributed by atoms with Crippen LogP contribution in [-0.2, 0) is 0 Å². The van der Waals surface area contributed by atoms with E-state index in [4.69, 9.17) is 0 Å². The fourth-order valence-electron chi connectivity index (χ4n) is 1.57. The Hall–Kier alpha value is -1.92. The quantitative estimate of drug-likeness (QED) is 0.582. The molecule has 7 heteroatoms. The van der Waals surface area contributed by atoms with E-state index in [1.807, 2.05) is 13.8 Å². The van der Waals surface area contributed by atoms with Gasteiger partial charge in [-0.3, -0.25) is 10.1 Å². The van der Waals surface area contributed by atoms with Crippen molar-refractivity contribution >= 4 is 17.5 Å². The van der Waals surface area contributed by atoms with E-state index >= 15 is 0 Å². The number of hydrogen-bond donors (Lipinski definition) is 2. The van der Waals surface area contributed by atoms with Gasteiger partial charge < -0.3 is 10.6 Å². The van der Waals surface area contributed by atoms with Crippen molar-refractivity contribution in [3.63, 3.8) is 0 Å². The maximum atomic E-state index is 11.0. The predicted molar refractivity (Wildman–Crippen MR) is 75.4 cm³/mol. The van der Waals surface area contributed by atoms with Gasteiger partial charge in [0.25, 0.3) is 0 Å². The third kappa shape index (κ3) is 4.04. The summed E-state index contributed by atoms with van der Waals surface area (Å²) in [7, 11) is 0. The number of nitrogens with one attached hydrogen (secondary N) is 2. The third-order valence-electron chi connectivity index (χ3n) is 3.16. The van der Waals surface area contributed by atoms with Gasteiger partial charge in [0.2, 0.25) is 11.8 Å². The molecule has 7 nitrogen and oxygen atoms in total. The summed E-state index contributed by atoms with van der Waals surface area (Å²) < 4.78 is 0. The summed E-state index contributed by atoms with van der Waals surface area (Å²) in [5, 5.41) is 17.0. The normalized spacial score (nSPS) is 13.7. The summed E-state index contributed by atoms with van der Waals surface area (Å²) in [6.07, 6.45) is 2.23. The standard InChI is InChI=1S/C12H21N5O2/c1-5-8(3)9(4)15-11-10(17(18)19)7-14-12(16-11)13-6-2/h7-9H,5-6H2,1-4H3,(H2,13,14,15,16). The van der Waals surface area contributed by atoms with Crippen molar-refractivity contribution in [2.45, 2.75) is 40.2 Å². The van der Waals surface area contributed by atoms with E-state index in [2.05, 4.69) is 34.4 Å². The lowest BCUT2D eigenvalue weighted by Gasteiger charge is -2.20. The van der Waals surface area contributed by atoms with Crippen molar-refractivity contribution in [1.29, 1.82) is 0 Å². The zero-order valence-corrected chi connectivity index (χ0v) is 11.8. The van der Waals surface area contributed by atoms with Crippen molar-refractivity contribution in [3.05, 3.63) is 16.3 Å². The number of rotatable bonds is 7. The minimum absolute atomic E-state index is 0.100. The van der Waals surface area contributed by atoms with Crippen LogP contribution in [0.5, 0.6) is 0 Å². The summed E-state index contributed by atoms with van der Waals surface area (Å²) in [4.78, 5) is 18.6. The van der Waals surface area contributed by atoms with Crippen LogP contribution in [-0.4, -0.2) is 27.5 Å². The zero-order chi connectivity index (χ0) is 14.4. The van der Waals surface area contributed by atoms with E-state index in [1.165, 1.54) is 6.20 Å². The molecule has 0 fully saturated rings. The lowest BCUT2D eigenvalue weighted by Crippen LogP contribution is -2.24. The highest BCUT2D eigenvalue weighted by atomic mass is 16.6. The van der Waals surface area contributed by atoms with Crippen LogP contribution in [0.25, 0.3) is 0 Å². The van der Waals surface area contributed by atoms with Crippen LogP contribution in [0, 0.1) is 16.0 Å². The molecule has 1 aromatic rings. The lowest BCUT2D eigenvalue weighted by atomic mass is 10.0. The van der Waals surface area contributed by atoms with Gasteiger partial charge in [-0.05, 0) is 19.8 Å². The smallest absolute Gasteiger partial charge is 0.329 e. The number of anilines is 2. The molecule has 0 aliphatic heterocycles. The Morgan fingerprint density at radius 2 is 2.11 bits per heavy atom. The molecule has 0 aliphatic rings. The highest BCUT2D eigenvalue weighted by Gasteiger charge is 2.20. The second-order valence-electron chi connectivity index (χ2n) is 4.53. The molecule has 2 N–H and O–H groups in total. The molecule has 0 spiro atoms. The minimum atomic E-state index is -0.471. The van der Waals surface area contributed by atoms with E-state index in [9.17, 15) is 10.1 Å². The molecular formula is C12H21N5O2. The summed E-state index contributed by atoms with van der Waals surface area (Å²) in [6.45, 7) is 8.75. The second kappa shape index (κ2) is 6.86. The fraction of sp³-hybridized carbons (Fsp3) is 0.667. The molecule has 1 rings (SSSR count). The first-order valence-corrected chi connectivity index (χ1v) is 6.51. The predicted octanol–water partition coefficient (Wildman–Crippen LogP) is 2.66. The first-order chi connectivity index (χ1) is 8.99. The van der Waals surface area contributed by atoms with Gasteiger partial charge in [-0.25, -0.2) is 4.98 Å². The van der Waals surface area contributed by atoms with Crippen molar-refractivity contribution in [1.82, 2.24) is 9.97 Å². The summed E-state index contributed by atoms with van der Waals surface area (Å²) >= 11 is 0. The fourth-order valence-corrected chi connectivity index (χ4v) is 1.57. The molecule has 0 bridgehead atoms. The number of nitro groups is 1. The molecule has 106 valence electrons. The minimum Gasteiger partial charge on any atom is -0.361 e. The lowest BCUT2D eigenvalue weighted by molar-refractivity contribution is -0.384. The molecular weight excluding hydrogens is 246 g/mol. The van der Waals surface area contributed by atoms with Gasteiger partial charge in [0.1, 0.15) is 6.20 Å². The van der Waals surface area contributed by atoms with Gasteiger partial charge in [-0.2, -0.15) is 4.98 Å². The maximum Gasteiger partial charge on any atom is 0.329 e. The maximum absolute atomic E-state index is 11.0. The Morgan fingerprint density at radius 3 is 2.63 bits per heavy atom. The number of hydrogen-bond acceptors (Lipinski definition) is 6. The van der Waals surface area contributed by atoms with Gasteiger partial charge in [-0.15, -0.1) is 0 Å². The van der Waals surface area contributed by atoms with Gasteiger partial charge in [-0.1, -0.05) is 20.3 Å². The number of aromatic nitrogens is 2. The molecule has 0 saturated carbocycles. The Labute approximate surface area is 113 Å². The topological polar surface area (TPSA) is 93.0 Å². The highest BCUT2D eigenvalue weighted by Crippen LogP contribution is 2.24. The molecule has 19 heavy (non-hydrogen) atoms. The molecule has 0 saturated heterocycles. The van der Waals surface area contributed by atoms with E-state index in [0.29, 0.717) is 18.4 Å². The van der Waals surface area contributed by atoms with Crippen molar-refractivity contribution in [3.8, 4) is 0 Å². The van der Waals surface area contributed by atoms with Gasteiger partial charge >= 0.3 is 5.69 Å². The first kappa shape index (κ1) is 15.1. The zero-order valence-electron chi connectivity index (χ0n) is 11.8. The van der Waals surface area contributed by atoms with Crippen LogP contribution in [0.2, 0.25) is 0 Å². The highest BCUT2D eigenvalue weighted by molar-refractivity contribution is 5.57. The van der Waals surface area contributed by atoms with E-state index < -0.39 is 4.92 Å². The van der Waals surface area contributed by atoms with E-state index in [0.717, 1.165) is 6.42 Å². The summed E-state index contributed by atoms with van der Waals surface area (Å²) in [6, 6.07) is 0.105. The number of nitrogens with zero attached hydrogens (tertiary/aromatic N) is 3. The Balaban J connectivity index is 3.00. The second-order valence-corrected chi connectivity index (χ2v) is 4.53. The molecule has 0 aromatic carbocycles. The van der Waals surface area contributed by atoms with Crippen molar-refractivity contribution in [2.75, 3.05) is 17.2 Å². The van der Waals surface area contributed by atoms with Crippen LogP contribution in [0.4, 0.5) is 17.5 Å². The molecule has 0 radical (unpaired) electrons. The Bertz CT molecular complexity index is 438. The van der Waals surface area contributed by atoms with Gasteiger partial charge in [0.15, 0.2) is 0 Å². The first-order valence-electron chi connectivity index (χ1n) is 6.51. The summed E-state index contributed by atoms with van der Waals surface area (Å²) in [5.74, 6) is 1.06. The van der Waals surface area contributed by atoms with Crippen molar-refractivity contribution < 1.29 is 4.92 Å². The van der Waals surface area contributed by atoms with Crippen LogP contribution in [0.3, 0.4) is 0 Å². The van der Waals surface area contributed by atoms with Crippen LogP contribution < -0.4 is 10.6 Å². The monoisotopic (exact) mass is 267 g/mol. The summed E-state index contributed by atoms with van der Waals surface area (Å²) in [5.41, 5.74) is -0.100. The van der Waals surface area contributed by atoms with Crippen LogP contribution in [0.15, 0.2) is 6.20 Å². The molecule has 0 aliphatic carbocycles. The van der Waals surface area contributed by atoms with Crippen LogP contribution in [0.1, 0.15) is 34.1 Å². The Morgan fingerprint density at radius 1 is 1.42 bits per heavy atom. The van der Waals surface area contributed by atoms with Crippen molar-refractivity contribution in [2.24, 2.45) is 5.92 Å². The largest absolute Gasteiger partial charge is 0.361 e. The molecule has 1 aromatic heterocycles. The van der Waals surface area contributed by atoms with E-state index in [-0.39, 0.29) is 17.5 Å². The van der Waals surface area contributed by atoms with Gasteiger partial charge in [0, 0.05) is 12.6 Å². The van der Waals surface area contributed by atoms with E-state index in [1.54, 1.807) is 0 Å².